The van der Waals surface area contributed by atoms with E-state index in [2.05, 4.69) is 17.9 Å². The first kappa shape index (κ1) is 19.6. The van der Waals surface area contributed by atoms with Gasteiger partial charge in [0, 0.05) is 18.1 Å². The molecule has 0 aliphatic carbocycles. The number of hydrogen-bond donors (Lipinski definition) is 1. The molecule has 1 N–H and O–H groups in total. The molecule has 1 unspecified atom stereocenters. The van der Waals surface area contributed by atoms with Gasteiger partial charge in [-0.05, 0) is 24.6 Å². The summed E-state index contributed by atoms with van der Waals surface area (Å²) in [7, 11) is -3.80. The van der Waals surface area contributed by atoms with E-state index in [1.165, 1.54) is 36.4 Å². The number of nitro groups is 1. The molecule has 0 bridgehead atoms. The van der Waals surface area contributed by atoms with Crippen LogP contribution in [0.2, 0.25) is 0 Å². The van der Waals surface area contributed by atoms with Crippen LogP contribution in [0.4, 0.5) is 5.69 Å². The van der Waals surface area contributed by atoms with Gasteiger partial charge in [0.05, 0.1) is 15.9 Å². The van der Waals surface area contributed by atoms with Gasteiger partial charge >= 0.3 is 0 Å². The maximum Gasteiger partial charge on any atom is 0.269 e. The second-order valence-electron chi connectivity index (χ2n) is 5.81. The van der Waals surface area contributed by atoms with Crippen LogP contribution in [0.5, 0.6) is 0 Å². The van der Waals surface area contributed by atoms with E-state index in [1.54, 1.807) is 24.3 Å². The first-order valence-electron chi connectivity index (χ1n) is 7.87. The average Bonchev–Trinajstić information content (AvgIpc) is 2.62. The van der Waals surface area contributed by atoms with Crippen molar-refractivity contribution in [2.45, 2.75) is 17.9 Å². The molecule has 0 aliphatic heterocycles. The Labute approximate surface area is 153 Å². The summed E-state index contributed by atoms with van der Waals surface area (Å²) in [5.74, 6) is -0.392. The van der Waals surface area contributed by atoms with Crippen LogP contribution >= 0.6 is 0 Å². The molecule has 0 saturated carbocycles. The lowest BCUT2D eigenvalue weighted by atomic mass is 9.94. The SMILES string of the molecule is C=CC(C=C)C(NS(=O)(=O)c1ccc(C)cc1)c1ccc([N+](=O)[O-])cc1. The van der Waals surface area contributed by atoms with Crippen LogP contribution in [0.25, 0.3) is 0 Å². The van der Waals surface area contributed by atoms with Crippen LogP contribution in [0.15, 0.2) is 78.7 Å². The normalized spacial score (nSPS) is 12.5. The Morgan fingerprint density at radius 2 is 1.58 bits per heavy atom. The lowest BCUT2D eigenvalue weighted by molar-refractivity contribution is -0.384. The number of rotatable bonds is 8. The van der Waals surface area contributed by atoms with Crippen LogP contribution in [0.3, 0.4) is 0 Å². The summed E-state index contributed by atoms with van der Waals surface area (Å²) in [6.07, 6.45) is 3.16. The highest BCUT2D eigenvalue weighted by molar-refractivity contribution is 7.89. The van der Waals surface area contributed by atoms with Crippen molar-refractivity contribution in [2.24, 2.45) is 5.92 Å². The maximum atomic E-state index is 12.8. The smallest absolute Gasteiger partial charge is 0.258 e. The van der Waals surface area contributed by atoms with Crippen molar-refractivity contribution >= 4 is 15.7 Å². The number of benzene rings is 2. The van der Waals surface area contributed by atoms with Crippen LogP contribution in [-0.4, -0.2) is 13.3 Å². The first-order valence-corrected chi connectivity index (χ1v) is 9.35. The molecule has 2 rings (SSSR count). The molecule has 2 aromatic rings. The molecule has 136 valence electrons. The topological polar surface area (TPSA) is 89.3 Å². The fraction of sp³-hybridized carbons (Fsp3) is 0.158. The van der Waals surface area contributed by atoms with E-state index in [0.29, 0.717) is 5.56 Å². The number of non-ortho nitro benzene ring substituents is 1. The van der Waals surface area contributed by atoms with Gasteiger partial charge in [-0.15, -0.1) is 13.2 Å². The Kier molecular flexibility index (Phi) is 6.07. The predicted octanol–water partition coefficient (Wildman–Crippen LogP) is 3.91. The minimum absolute atomic E-state index is 0.0670. The van der Waals surface area contributed by atoms with Crippen molar-refractivity contribution in [2.75, 3.05) is 0 Å². The van der Waals surface area contributed by atoms with Crippen LogP contribution in [-0.2, 0) is 10.0 Å². The van der Waals surface area contributed by atoms with Gasteiger partial charge in [-0.3, -0.25) is 10.1 Å². The summed E-state index contributed by atoms with van der Waals surface area (Å²) in [5.41, 5.74) is 1.46. The number of nitro benzene ring substituents is 1. The molecule has 0 saturated heterocycles. The van der Waals surface area contributed by atoms with Crippen LogP contribution < -0.4 is 4.72 Å². The minimum atomic E-state index is -3.80. The fourth-order valence-corrected chi connectivity index (χ4v) is 3.75. The minimum Gasteiger partial charge on any atom is -0.258 e. The highest BCUT2D eigenvalue weighted by atomic mass is 32.2. The zero-order valence-electron chi connectivity index (χ0n) is 14.3. The van der Waals surface area contributed by atoms with E-state index in [-0.39, 0.29) is 10.6 Å². The quantitative estimate of drug-likeness (QED) is 0.432. The Balaban J connectivity index is 2.41. The zero-order valence-corrected chi connectivity index (χ0v) is 15.1. The molecule has 0 fully saturated rings. The molecule has 0 amide bonds. The molecule has 0 spiro atoms. The highest BCUT2D eigenvalue weighted by Gasteiger charge is 2.26. The van der Waals surface area contributed by atoms with Crippen molar-refractivity contribution in [1.82, 2.24) is 4.72 Å². The van der Waals surface area contributed by atoms with Gasteiger partial charge in [0.2, 0.25) is 10.0 Å². The summed E-state index contributed by atoms with van der Waals surface area (Å²) in [5, 5.41) is 10.8. The van der Waals surface area contributed by atoms with Gasteiger partial charge in [0.1, 0.15) is 0 Å². The Hall–Kier alpha value is -2.77. The molecule has 1 atom stereocenters. The summed E-state index contributed by atoms with van der Waals surface area (Å²) in [4.78, 5) is 10.5. The van der Waals surface area contributed by atoms with E-state index in [0.717, 1.165) is 5.56 Å². The summed E-state index contributed by atoms with van der Waals surface area (Å²) < 4.78 is 28.2. The lowest BCUT2D eigenvalue weighted by Crippen LogP contribution is -2.32. The van der Waals surface area contributed by atoms with Crippen molar-refractivity contribution in [3.8, 4) is 0 Å². The molecule has 2 aromatic carbocycles. The van der Waals surface area contributed by atoms with Gasteiger partial charge in [0.15, 0.2) is 0 Å². The first-order chi connectivity index (χ1) is 12.3. The standard InChI is InChI=1S/C19H20N2O4S/c1-4-15(5-2)19(16-8-10-17(11-9-16)21(22)23)20-26(24,25)18-12-6-14(3)7-13-18/h4-13,15,19-20H,1-2H2,3H3. The molecular weight excluding hydrogens is 352 g/mol. The van der Waals surface area contributed by atoms with E-state index < -0.39 is 26.9 Å². The van der Waals surface area contributed by atoms with Crippen molar-refractivity contribution in [1.29, 1.82) is 0 Å². The third-order valence-corrected chi connectivity index (χ3v) is 5.46. The van der Waals surface area contributed by atoms with E-state index in [4.69, 9.17) is 0 Å². The van der Waals surface area contributed by atoms with Crippen LogP contribution in [0, 0.1) is 23.0 Å². The molecule has 7 heteroatoms. The Bertz CT molecular complexity index is 896. The number of hydrogen-bond acceptors (Lipinski definition) is 4. The van der Waals surface area contributed by atoms with Crippen molar-refractivity contribution < 1.29 is 13.3 Å². The van der Waals surface area contributed by atoms with Crippen LogP contribution in [0.1, 0.15) is 17.2 Å². The molecule has 0 aromatic heterocycles. The Morgan fingerprint density at radius 3 is 2.04 bits per heavy atom. The average molecular weight is 372 g/mol. The summed E-state index contributed by atoms with van der Waals surface area (Å²) in [6.45, 7) is 9.32. The molecule has 0 aliphatic rings. The highest BCUT2D eigenvalue weighted by Crippen LogP contribution is 2.28. The molecule has 0 heterocycles. The zero-order chi connectivity index (χ0) is 19.3. The summed E-state index contributed by atoms with van der Waals surface area (Å²) >= 11 is 0. The third kappa shape index (κ3) is 4.44. The number of sulfonamides is 1. The largest absolute Gasteiger partial charge is 0.269 e. The third-order valence-electron chi connectivity index (χ3n) is 4.01. The van der Waals surface area contributed by atoms with E-state index >= 15 is 0 Å². The predicted molar refractivity (Wildman–Crippen MR) is 101 cm³/mol. The van der Waals surface area contributed by atoms with E-state index in [9.17, 15) is 18.5 Å². The van der Waals surface area contributed by atoms with Gasteiger partial charge in [0.25, 0.3) is 5.69 Å². The van der Waals surface area contributed by atoms with Gasteiger partial charge in [-0.2, -0.15) is 0 Å². The lowest BCUT2D eigenvalue weighted by Gasteiger charge is -2.24. The monoisotopic (exact) mass is 372 g/mol. The fourth-order valence-electron chi connectivity index (χ4n) is 2.49. The van der Waals surface area contributed by atoms with E-state index in [1.807, 2.05) is 6.92 Å². The van der Waals surface area contributed by atoms with Gasteiger partial charge in [-0.25, -0.2) is 13.1 Å². The number of nitrogens with one attached hydrogen (secondary N) is 1. The number of nitrogens with zero attached hydrogens (tertiary/aromatic N) is 1. The second kappa shape index (κ2) is 8.07. The van der Waals surface area contributed by atoms with Crippen molar-refractivity contribution in [3.63, 3.8) is 0 Å². The summed E-state index contributed by atoms with van der Waals surface area (Å²) in [6, 6.07) is 11.5. The maximum absolute atomic E-state index is 12.8. The molecule has 6 nitrogen and oxygen atoms in total. The van der Waals surface area contributed by atoms with Crippen molar-refractivity contribution in [3.05, 3.63) is 95.1 Å². The number of aryl methyl sites for hydroxylation is 1. The molecule has 26 heavy (non-hydrogen) atoms. The second-order valence-corrected chi connectivity index (χ2v) is 7.52. The molecule has 0 radical (unpaired) electrons. The Morgan fingerprint density at radius 1 is 1.04 bits per heavy atom. The molecular formula is C19H20N2O4S. The van der Waals surface area contributed by atoms with Gasteiger partial charge in [-0.1, -0.05) is 42.0 Å². The van der Waals surface area contributed by atoms with Gasteiger partial charge < -0.3 is 0 Å².